The van der Waals surface area contributed by atoms with Crippen molar-refractivity contribution in [2.24, 2.45) is 0 Å². The lowest BCUT2D eigenvalue weighted by molar-refractivity contribution is -0.0526. The maximum absolute atomic E-state index is 10.0. The lowest BCUT2D eigenvalue weighted by Gasteiger charge is -2.37. The van der Waals surface area contributed by atoms with Crippen molar-refractivity contribution in [2.45, 2.75) is 18.1 Å². The van der Waals surface area contributed by atoms with Crippen molar-refractivity contribution in [1.29, 1.82) is 0 Å². The zero-order valence-corrected chi connectivity index (χ0v) is 15.9. The summed E-state index contributed by atoms with van der Waals surface area (Å²) >= 11 is 0. The van der Waals surface area contributed by atoms with E-state index in [2.05, 4.69) is 18.7 Å². The van der Waals surface area contributed by atoms with E-state index in [0.717, 1.165) is 22.3 Å². The van der Waals surface area contributed by atoms with Crippen molar-refractivity contribution in [2.75, 3.05) is 13.2 Å². The fraction of sp³-hybridized carbons (Fsp3) is 0.200. The Morgan fingerprint density at radius 2 is 1.39 bits per heavy atom. The Morgan fingerprint density at radius 1 is 0.857 bits per heavy atom. The standard InChI is InChI=1S/C25H26O3/c1-2-11-20-12-9-10-17-24(20)25(28-19-23(27)18-26,21-13-5-3-6-14-21)22-15-7-4-8-16-22/h2-10,12-17,23,26-27H,1,11,18-19H2. The van der Waals surface area contributed by atoms with Crippen LogP contribution in [0.5, 0.6) is 0 Å². The van der Waals surface area contributed by atoms with Gasteiger partial charge < -0.3 is 14.9 Å². The van der Waals surface area contributed by atoms with Crippen molar-refractivity contribution in [3.05, 3.63) is 120 Å². The van der Waals surface area contributed by atoms with Crippen LogP contribution in [-0.4, -0.2) is 29.5 Å². The molecule has 0 amide bonds. The lowest BCUT2D eigenvalue weighted by Crippen LogP contribution is -2.37. The second-order valence-corrected chi connectivity index (χ2v) is 6.71. The van der Waals surface area contributed by atoms with Crippen LogP contribution < -0.4 is 0 Å². The van der Waals surface area contributed by atoms with Gasteiger partial charge in [-0.1, -0.05) is 91.0 Å². The first-order valence-electron chi connectivity index (χ1n) is 9.45. The van der Waals surface area contributed by atoms with Crippen molar-refractivity contribution < 1.29 is 14.9 Å². The molecule has 0 bridgehead atoms. The van der Waals surface area contributed by atoms with Crippen LogP contribution >= 0.6 is 0 Å². The maximum Gasteiger partial charge on any atom is 0.144 e. The molecule has 1 atom stereocenters. The molecule has 0 aromatic heterocycles. The van der Waals surface area contributed by atoms with Gasteiger partial charge in [-0.05, 0) is 28.7 Å². The highest BCUT2D eigenvalue weighted by atomic mass is 16.5. The molecule has 0 aliphatic heterocycles. The first-order valence-corrected chi connectivity index (χ1v) is 9.45. The molecule has 0 saturated carbocycles. The Hall–Kier alpha value is -2.72. The summed E-state index contributed by atoms with van der Waals surface area (Å²) in [4.78, 5) is 0. The van der Waals surface area contributed by atoms with Gasteiger partial charge in [0.1, 0.15) is 11.7 Å². The quantitative estimate of drug-likeness (QED) is 0.438. The molecule has 144 valence electrons. The minimum absolute atomic E-state index is 0.00269. The van der Waals surface area contributed by atoms with Crippen LogP contribution in [0.3, 0.4) is 0 Å². The number of aliphatic hydroxyl groups excluding tert-OH is 2. The zero-order valence-electron chi connectivity index (χ0n) is 15.9. The van der Waals surface area contributed by atoms with Gasteiger partial charge in [-0.15, -0.1) is 6.58 Å². The smallest absolute Gasteiger partial charge is 0.144 e. The summed E-state index contributed by atoms with van der Waals surface area (Å²) in [5, 5.41) is 19.4. The minimum atomic E-state index is -0.960. The van der Waals surface area contributed by atoms with Crippen LogP contribution in [0.25, 0.3) is 0 Å². The Balaban J connectivity index is 2.29. The van der Waals surface area contributed by atoms with Gasteiger partial charge in [0.2, 0.25) is 0 Å². The predicted molar refractivity (Wildman–Crippen MR) is 112 cm³/mol. The summed E-state index contributed by atoms with van der Waals surface area (Å²) in [6.45, 7) is 3.55. The number of benzene rings is 3. The molecule has 0 radical (unpaired) electrons. The number of ether oxygens (including phenoxy) is 1. The molecular weight excluding hydrogens is 348 g/mol. The van der Waals surface area contributed by atoms with Gasteiger partial charge in [0, 0.05) is 0 Å². The molecule has 0 heterocycles. The predicted octanol–water partition coefficient (Wildman–Crippen LogP) is 4.08. The number of allylic oxidation sites excluding steroid dienone is 1. The highest BCUT2D eigenvalue weighted by Crippen LogP contribution is 2.42. The van der Waals surface area contributed by atoms with Gasteiger partial charge in [-0.2, -0.15) is 0 Å². The fourth-order valence-corrected chi connectivity index (χ4v) is 3.54. The van der Waals surface area contributed by atoms with Crippen molar-refractivity contribution in [3.8, 4) is 0 Å². The van der Waals surface area contributed by atoms with Crippen LogP contribution in [0.2, 0.25) is 0 Å². The number of aliphatic hydroxyl groups is 2. The first-order chi connectivity index (χ1) is 13.7. The highest BCUT2D eigenvalue weighted by Gasteiger charge is 2.39. The van der Waals surface area contributed by atoms with E-state index in [4.69, 9.17) is 4.74 Å². The molecule has 3 aromatic carbocycles. The fourth-order valence-electron chi connectivity index (χ4n) is 3.54. The molecule has 1 unspecified atom stereocenters. The van der Waals surface area contributed by atoms with Gasteiger partial charge in [0.15, 0.2) is 0 Å². The SMILES string of the molecule is C=CCc1ccccc1C(OCC(O)CO)(c1ccccc1)c1ccccc1. The van der Waals surface area contributed by atoms with Gasteiger partial charge in [0.05, 0.1) is 13.2 Å². The maximum atomic E-state index is 10.0. The second kappa shape index (κ2) is 9.47. The van der Waals surface area contributed by atoms with E-state index in [0.29, 0.717) is 6.42 Å². The molecule has 3 rings (SSSR count). The molecule has 0 saturated heterocycles. The molecule has 2 N–H and O–H groups in total. The van der Waals surface area contributed by atoms with Crippen LogP contribution in [0, 0.1) is 0 Å². The summed E-state index contributed by atoms with van der Waals surface area (Å²) in [6, 6.07) is 28.1. The zero-order chi connectivity index (χ0) is 19.8. The number of hydrogen-bond donors (Lipinski definition) is 2. The molecule has 0 fully saturated rings. The Kier molecular flexibility index (Phi) is 6.77. The Bertz CT molecular complexity index is 835. The molecule has 0 aliphatic carbocycles. The average molecular weight is 374 g/mol. The molecule has 0 spiro atoms. The van der Waals surface area contributed by atoms with Crippen LogP contribution in [0.15, 0.2) is 97.6 Å². The molecule has 3 nitrogen and oxygen atoms in total. The van der Waals surface area contributed by atoms with Crippen LogP contribution in [-0.2, 0) is 16.8 Å². The van der Waals surface area contributed by atoms with E-state index < -0.39 is 11.7 Å². The molecular formula is C25H26O3. The minimum Gasteiger partial charge on any atom is -0.394 e. The Labute approximate surface area is 166 Å². The van der Waals surface area contributed by atoms with Gasteiger partial charge in [0.25, 0.3) is 0 Å². The highest BCUT2D eigenvalue weighted by molar-refractivity contribution is 5.50. The van der Waals surface area contributed by atoms with Gasteiger partial charge in [-0.25, -0.2) is 0 Å². The summed E-state index contributed by atoms with van der Waals surface area (Å²) in [5.41, 5.74) is 3.10. The third-order valence-corrected chi connectivity index (χ3v) is 4.82. The molecule has 3 heteroatoms. The van der Waals surface area contributed by atoms with E-state index in [1.807, 2.05) is 78.9 Å². The number of hydrogen-bond acceptors (Lipinski definition) is 3. The summed E-state index contributed by atoms with van der Waals surface area (Å²) in [5.74, 6) is 0. The van der Waals surface area contributed by atoms with Gasteiger partial charge >= 0.3 is 0 Å². The summed E-state index contributed by atoms with van der Waals surface area (Å²) in [6.07, 6.45) is 1.62. The summed E-state index contributed by atoms with van der Waals surface area (Å²) < 4.78 is 6.48. The molecule has 0 aliphatic rings. The van der Waals surface area contributed by atoms with Crippen LogP contribution in [0.4, 0.5) is 0 Å². The topological polar surface area (TPSA) is 49.7 Å². The Morgan fingerprint density at radius 3 is 1.93 bits per heavy atom. The van der Waals surface area contributed by atoms with E-state index in [-0.39, 0.29) is 13.2 Å². The largest absolute Gasteiger partial charge is 0.394 e. The van der Waals surface area contributed by atoms with E-state index in [9.17, 15) is 10.2 Å². The van der Waals surface area contributed by atoms with Crippen molar-refractivity contribution >= 4 is 0 Å². The van der Waals surface area contributed by atoms with Crippen molar-refractivity contribution in [1.82, 2.24) is 0 Å². The molecule has 3 aromatic rings. The average Bonchev–Trinajstić information content (AvgIpc) is 2.76. The monoisotopic (exact) mass is 374 g/mol. The third kappa shape index (κ3) is 4.07. The van der Waals surface area contributed by atoms with E-state index in [1.54, 1.807) is 0 Å². The van der Waals surface area contributed by atoms with Gasteiger partial charge in [-0.3, -0.25) is 0 Å². The van der Waals surface area contributed by atoms with E-state index >= 15 is 0 Å². The van der Waals surface area contributed by atoms with Crippen molar-refractivity contribution in [3.63, 3.8) is 0 Å². The normalized spacial score (nSPS) is 12.5. The number of rotatable bonds is 9. The first kappa shape index (κ1) is 20.0. The van der Waals surface area contributed by atoms with Crippen LogP contribution in [0.1, 0.15) is 22.3 Å². The lowest BCUT2D eigenvalue weighted by atomic mass is 9.77. The third-order valence-electron chi connectivity index (χ3n) is 4.82. The van der Waals surface area contributed by atoms with E-state index in [1.165, 1.54) is 0 Å². The molecule has 28 heavy (non-hydrogen) atoms. The summed E-state index contributed by atoms with van der Waals surface area (Å²) in [7, 11) is 0. The second-order valence-electron chi connectivity index (χ2n) is 6.71.